The summed E-state index contributed by atoms with van der Waals surface area (Å²) in [6, 6.07) is 7.29. The van der Waals surface area contributed by atoms with Crippen molar-refractivity contribution in [1.29, 1.82) is 0 Å². The van der Waals surface area contributed by atoms with Crippen molar-refractivity contribution in [1.82, 2.24) is 20.1 Å². The number of hydrogen-bond donors (Lipinski definition) is 1. The molecule has 2 aromatic rings. The second-order valence-corrected chi connectivity index (χ2v) is 5.94. The highest BCUT2D eigenvalue weighted by molar-refractivity contribution is 9.10. The number of fused-ring (bicyclic) bond motifs is 1. The Morgan fingerprint density at radius 1 is 1.53 bits per heavy atom. The molecular formula is C14H17BrN4. The average Bonchev–Trinajstić information content (AvgIpc) is 3.01. The number of rotatable bonds is 4. The van der Waals surface area contributed by atoms with E-state index < -0.39 is 0 Å². The van der Waals surface area contributed by atoms with Crippen LogP contribution in [0.3, 0.4) is 0 Å². The zero-order chi connectivity index (χ0) is 13.2. The van der Waals surface area contributed by atoms with E-state index in [2.05, 4.69) is 56.5 Å². The van der Waals surface area contributed by atoms with Crippen molar-refractivity contribution in [3.05, 3.63) is 46.5 Å². The maximum absolute atomic E-state index is 4.15. The van der Waals surface area contributed by atoms with Crippen LogP contribution in [0.5, 0.6) is 0 Å². The van der Waals surface area contributed by atoms with Crippen LogP contribution in [0.2, 0.25) is 0 Å². The first-order valence-electron chi connectivity index (χ1n) is 6.60. The molecule has 1 aliphatic carbocycles. The van der Waals surface area contributed by atoms with Crippen LogP contribution in [0.25, 0.3) is 0 Å². The normalized spacial score (nSPS) is 19.4. The van der Waals surface area contributed by atoms with Gasteiger partial charge in [0.2, 0.25) is 0 Å². The first-order valence-corrected chi connectivity index (χ1v) is 7.39. The average molecular weight is 321 g/mol. The molecule has 0 fully saturated rings. The highest BCUT2D eigenvalue weighted by Crippen LogP contribution is 2.35. The van der Waals surface area contributed by atoms with Crippen molar-refractivity contribution < 1.29 is 0 Å². The second kappa shape index (κ2) is 5.43. The van der Waals surface area contributed by atoms with Gasteiger partial charge in [0.05, 0.1) is 6.54 Å². The highest BCUT2D eigenvalue weighted by Gasteiger charge is 2.24. The maximum atomic E-state index is 4.15. The van der Waals surface area contributed by atoms with E-state index in [0.29, 0.717) is 12.1 Å². The van der Waals surface area contributed by atoms with E-state index in [1.54, 1.807) is 12.7 Å². The first kappa shape index (κ1) is 12.8. The molecule has 0 radical (unpaired) electrons. The van der Waals surface area contributed by atoms with Gasteiger partial charge in [-0.15, -0.1) is 0 Å². The van der Waals surface area contributed by atoms with Crippen molar-refractivity contribution in [2.75, 3.05) is 0 Å². The molecule has 1 N–H and O–H groups in total. The predicted octanol–water partition coefficient (Wildman–Crippen LogP) is 2.71. The lowest BCUT2D eigenvalue weighted by atomic mass is 10.1. The molecule has 1 aliphatic rings. The van der Waals surface area contributed by atoms with E-state index in [9.17, 15) is 0 Å². The summed E-state index contributed by atoms with van der Waals surface area (Å²) in [6.07, 6.45) is 5.65. The molecule has 0 aliphatic heterocycles. The molecule has 3 rings (SSSR count). The van der Waals surface area contributed by atoms with E-state index in [-0.39, 0.29) is 0 Å². The van der Waals surface area contributed by atoms with Gasteiger partial charge in [-0.3, -0.25) is 4.68 Å². The SMILES string of the molecule is C[C@H](Cn1cncn1)N[C@@H]1CCc2c(Br)cccc21. The Kier molecular flexibility index (Phi) is 3.66. The molecule has 19 heavy (non-hydrogen) atoms. The fourth-order valence-electron chi connectivity index (χ4n) is 2.79. The van der Waals surface area contributed by atoms with Gasteiger partial charge in [-0.05, 0) is 37.0 Å². The van der Waals surface area contributed by atoms with Crippen molar-refractivity contribution in [2.24, 2.45) is 0 Å². The van der Waals surface area contributed by atoms with Gasteiger partial charge in [0.25, 0.3) is 0 Å². The summed E-state index contributed by atoms with van der Waals surface area (Å²) < 4.78 is 3.10. The molecule has 0 spiro atoms. The topological polar surface area (TPSA) is 42.7 Å². The van der Waals surface area contributed by atoms with Gasteiger partial charge >= 0.3 is 0 Å². The molecule has 1 aromatic heterocycles. The Morgan fingerprint density at radius 3 is 3.21 bits per heavy atom. The number of hydrogen-bond acceptors (Lipinski definition) is 3. The fourth-order valence-corrected chi connectivity index (χ4v) is 3.37. The molecule has 2 atom stereocenters. The molecule has 1 aromatic carbocycles. The van der Waals surface area contributed by atoms with Gasteiger partial charge in [0, 0.05) is 16.6 Å². The quantitative estimate of drug-likeness (QED) is 0.941. The zero-order valence-corrected chi connectivity index (χ0v) is 12.5. The standard InChI is InChI=1S/C14H17BrN4/c1-10(7-19-9-16-8-17-19)18-14-6-5-11-12(14)3-2-4-13(11)15/h2-4,8-10,14,18H,5-7H2,1H3/t10-,14-/m1/s1. The molecule has 0 bridgehead atoms. The van der Waals surface area contributed by atoms with Crippen LogP contribution in [0.1, 0.15) is 30.5 Å². The first-order chi connectivity index (χ1) is 9.24. The Balaban J connectivity index is 1.68. The minimum atomic E-state index is 0.372. The van der Waals surface area contributed by atoms with E-state index in [0.717, 1.165) is 13.0 Å². The summed E-state index contributed by atoms with van der Waals surface area (Å²) >= 11 is 3.64. The van der Waals surface area contributed by atoms with Gasteiger partial charge < -0.3 is 5.32 Å². The largest absolute Gasteiger partial charge is 0.306 e. The predicted molar refractivity (Wildman–Crippen MR) is 77.8 cm³/mol. The summed E-state index contributed by atoms with van der Waals surface area (Å²) in [4.78, 5) is 3.97. The van der Waals surface area contributed by atoms with Gasteiger partial charge in [0.1, 0.15) is 12.7 Å². The monoisotopic (exact) mass is 320 g/mol. The summed E-state index contributed by atoms with van der Waals surface area (Å²) in [5, 5.41) is 7.84. The lowest BCUT2D eigenvalue weighted by Crippen LogP contribution is -2.33. The van der Waals surface area contributed by atoms with Crippen LogP contribution in [-0.2, 0) is 13.0 Å². The molecular weight excluding hydrogens is 304 g/mol. The highest BCUT2D eigenvalue weighted by atomic mass is 79.9. The molecule has 0 saturated heterocycles. The number of aromatic nitrogens is 3. The minimum absolute atomic E-state index is 0.372. The van der Waals surface area contributed by atoms with Gasteiger partial charge in [0.15, 0.2) is 0 Å². The molecule has 4 nitrogen and oxygen atoms in total. The van der Waals surface area contributed by atoms with E-state index in [1.165, 1.54) is 22.0 Å². The van der Waals surface area contributed by atoms with Gasteiger partial charge in [-0.1, -0.05) is 28.1 Å². The van der Waals surface area contributed by atoms with Crippen LogP contribution in [0.15, 0.2) is 35.3 Å². The number of nitrogens with zero attached hydrogens (tertiary/aromatic N) is 3. The zero-order valence-electron chi connectivity index (χ0n) is 10.9. The number of nitrogens with one attached hydrogen (secondary N) is 1. The Bertz CT molecular complexity index is 553. The third kappa shape index (κ3) is 2.72. The third-order valence-corrected chi connectivity index (χ3v) is 4.37. The molecule has 0 amide bonds. The van der Waals surface area contributed by atoms with E-state index in [4.69, 9.17) is 0 Å². The van der Waals surface area contributed by atoms with Crippen LogP contribution in [-0.4, -0.2) is 20.8 Å². The molecule has 100 valence electrons. The summed E-state index contributed by atoms with van der Waals surface area (Å²) in [6.45, 7) is 3.04. The second-order valence-electron chi connectivity index (χ2n) is 5.08. The Labute approximate surface area is 121 Å². The van der Waals surface area contributed by atoms with Crippen molar-refractivity contribution >= 4 is 15.9 Å². The lowest BCUT2D eigenvalue weighted by molar-refractivity contribution is 0.397. The van der Waals surface area contributed by atoms with Crippen molar-refractivity contribution in [3.8, 4) is 0 Å². The van der Waals surface area contributed by atoms with Gasteiger partial charge in [-0.25, -0.2) is 4.98 Å². The minimum Gasteiger partial charge on any atom is -0.306 e. The summed E-state index contributed by atoms with van der Waals surface area (Å²) in [7, 11) is 0. The van der Waals surface area contributed by atoms with Crippen molar-refractivity contribution in [2.45, 2.75) is 38.4 Å². The molecule has 0 saturated carbocycles. The smallest absolute Gasteiger partial charge is 0.137 e. The maximum Gasteiger partial charge on any atom is 0.137 e. The van der Waals surface area contributed by atoms with Gasteiger partial charge in [-0.2, -0.15) is 5.10 Å². The van der Waals surface area contributed by atoms with Crippen LogP contribution < -0.4 is 5.32 Å². The number of halogens is 1. The van der Waals surface area contributed by atoms with Crippen LogP contribution in [0, 0.1) is 0 Å². The Hall–Kier alpha value is -1.20. The van der Waals surface area contributed by atoms with Crippen LogP contribution in [0.4, 0.5) is 0 Å². The third-order valence-electron chi connectivity index (χ3n) is 3.63. The number of benzene rings is 1. The van der Waals surface area contributed by atoms with Crippen molar-refractivity contribution in [3.63, 3.8) is 0 Å². The summed E-state index contributed by atoms with van der Waals surface area (Å²) in [5.41, 5.74) is 2.88. The lowest BCUT2D eigenvalue weighted by Gasteiger charge is -2.20. The van der Waals surface area contributed by atoms with E-state index in [1.807, 2.05) is 4.68 Å². The fraction of sp³-hybridized carbons (Fsp3) is 0.429. The molecule has 0 unspecified atom stereocenters. The van der Waals surface area contributed by atoms with Crippen LogP contribution >= 0.6 is 15.9 Å². The van der Waals surface area contributed by atoms with E-state index >= 15 is 0 Å². The molecule has 1 heterocycles. The summed E-state index contributed by atoms with van der Waals surface area (Å²) in [5.74, 6) is 0. The molecule has 5 heteroatoms. The Morgan fingerprint density at radius 2 is 2.42 bits per heavy atom.